The summed E-state index contributed by atoms with van der Waals surface area (Å²) in [5.41, 5.74) is 11.1. The number of nitrogens with zero attached hydrogens (tertiary/aromatic N) is 5. The standard InChI is InChI=1S/C29H43N9O15P2/c30-7-3-1-2-4-8-32-19(39)10-33-26-20-27(35-14-34-26)38(15-36-20)29-24(43)22(41)18(52-29)13-50-55(48,53-54(45,46)47)49-12-17-21(40)23(42)28(51-17)37-9-5-6-16(11-37)25(31)44/h5-6,9,11,14-15,17-18,21-24,28-29,40-43H,1-4,7-8,10,12-13,30H2,(H5-,31,32,33,34,35,39,44,45,46,47)/t17-,18-,21-,22-,23-,24-,28-,29-,55?/m1/s1. The molecule has 304 valence electrons. The number of carbonyl (C=O) groups is 2. The van der Waals surface area contributed by atoms with Crippen LogP contribution in [0, 0.1) is 0 Å². The summed E-state index contributed by atoms with van der Waals surface area (Å²) >= 11 is 0. The molecule has 3 aromatic rings. The molecule has 11 N–H and O–H groups in total. The fraction of sp³-hybridized carbons (Fsp3) is 0.586. The number of pyridine rings is 1. The number of phosphoric ester groups is 1. The lowest BCUT2D eigenvalue weighted by molar-refractivity contribution is -0.765. The van der Waals surface area contributed by atoms with Gasteiger partial charge in [-0.05, 0) is 25.5 Å². The number of aliphatic hydroxyl groups excluding tert-OH is 4. The number of fused-ring (bicyclic) bond motifs is 1. The quantitative estimate of drug-likeness (QED) is 0.0308. The van der Waals surface area contributed by atoms with Crippen molar-refractivity contribution in [2.75, 3.05) is 38.2 Å². The van der Waals surface area contributed by atoms with Crippen LogP contribution in [0.3, 0.4) is 0 Å². The van der Waals surface area contributed by atoms with E-state index in [-0.39, 0.29) is 35.0 Å². The molecule has 0 spiro atoms. The Labute approximate surface area is 312 Å². The van der Waals surface area contributed by atoms with Gasteiger partial charge in [-0.25, -0.2) is 23.8 Å². The number of nitrogens with one attached hydrogen (secondary N) is 2. The number of primary amides is 1. The summed E-state index contributed by atoms with van der Waals surface area (Å²) in [6.45, 7) is -0.903. The van der Waals surface area contributed by atoms with Gasteiger partial charge >= 0.3 is 7.82 Å². The van der Waals surface area contributed by atoms with Crippen LogP contribution in [0.2, 0.25) is 0 Å². The number of rotatable bonds is 20. The number of nitrogens with two attached hydrogens (primary N) is 2. The fourth-order valence-corrected chi connectivity index (χ4v) is 7.91. The van der Waals surface area contributed by atoms with Gasteiger partial charge in [0.1, 0.15) is 42.4 Å². The third-order valence-electron chi connectivity index (χ3n) is 8.57. The van der Waals surface area contributed by atoms with E-state index in [1.54, 1.807) is 0 Å². The molecule has 0 bridgehead atoms. The predicted octanol–water partition coefficient (Wildman–Crippen LogP) is -3.18. The number of carbonyl (C=O) groups excluding carboxylic acids is 2. The largest absolute Gasteiger partial charge is 0.756 e. The van der Waals surface area contributed by atoms with Gasteiger partial charge in [0.05, 0.1) is 26.1 Å². The number of ether oxygens (including phenoxy) is 2. The highest BCUT2D eigenvalue weighted by molar-refractivity contribution is 7.60. The average Bonchev–Trinajstić information content (AvgIpc) is 3.79. The van der Waals surface area contributed by atoms with Gasteiger partial charge in [-0.1, -0.05) is 12.8 Å². The van der Waals surface area contributed by atoms with E-state index >= 15 is 0 Å². The maximum absolute atomic E-state index is 13.4. The maximum Gasteiger partial charge on any atom is 0.481 e. The molecule has 5 heterocycles. The molecule has 24 nitrogen and oxygen atoms in total. The van der Waals surface area contributed by atoms with Crippen molar-refractivity contribution in [2.24, 2.45) is 11.5 Å². The van der Waals surface area contributed by atoms with Crippen molar-refractivity contribution in [3.05, 3.63) is 42.7 Å². The van der Waals surface area contributed by atoms with E-state index in [1.165, 1.54) is 46.3 Å². The zero-order valence-electron chi connectivity index (χ0n) is 29.1. The Morgan fingerprint density at radius 2 is 1.67 bits per heavy atom. The molecule has 26 heteroatoms. The first-order valence-corrected chi connectivity index (χ1v) is 19.9. The minimum Gasteiger partial charge on any atom is -0.756 e. The van der Waals surface area contributed by atoms with Crippen LogP contribution in [0.25, 0.3) is 11.2 Å². The van der Waals surface area contributed by atoms with Gasteiger partial charge in [0.25, 0.3) is 20.0 Å². The second-order valence-corrected chi connectivity index (χ2v) is 15.5. The summed E-state index contributed by atoms with van der Waals surface area (Å²) in [4.78, 5) is 57.4. The monoisotopic (exact) mass is 819 g/mol. The molecule has 0 aromatic carbocycles. The molecule has 55 heavy (non-hydrogen) atoms. The van der Waals surface area contributed by atoms with Gasteiger partial charge in [-0.3, -0.25) is 27.8 Å². The molecular weight excluding hydrogens is 776 g/mol. The number of imidazole rings is 1. The third-order valence-corrected chi connectivity index (χ3v) is 11.1. The average molecular weight is 820 g/mol. The molecule has 2 saturated heterocycles. The molecule has 3 aromatic heterocycles. The third kappa shape index (κ3) is 10.8. The predicted molar refractivity (Wildman–Crippen MR) is 182 cm³/mol. The molecule has 2 fully saturated rings. The number of hydrogen-bond acceptors (Lipinski definition) is 19. The van der Waals surface area contributed by atoms with Crippen molar-refractivity contribution in [3.8, 4) is 0 Å². The van der Waals surface area contributed by atoms with Crippen LogP contribution >= 0.6 is 15.6 Å². The highest BCUT2D eigenvalue weighted by Crippen LogP contribution is 2.60. The zero-order chi connectivity index (χ0) is 39.9. The number of aliphatic hydroxyl groups is 4. The first-order valence-electron chi connectivity index (χ1n) is 17.0. The van der Waals surface area contributed by atoms with Crippen molar-refractivity contribution in [2.45, 2.75) is 74.8 Å². The van der Waals surface area contributed by atoms with E-state index in [9.17, 15) is 48.9 Å². The Morgan fingerprint density at radius 1 is 0.982 bits per heavy atom. The molecule has 2 amide bonds. The van der Waals surface area contributed by atoms with Crippen LogP contribution in [0.4, 0.5) is 5.82 Å². The second-order valence-electron chi connectivity index (χ2n) is 12.5. The molecule has 0 radical (unpaired) electrons. The molecule has 10 atom stereocenters. The van der Waals surface area contributed by atoms with Gasteiger partial charge in [0, 0.05) is 12.6 Å². The Bertz CT molecular complexity index is 1890. The van der Waals surface area contributed by atoms with Gasteiger partial charge < -0.3 is 61.8 Å². The number of phosphoric acid groups is 2. The highest BCUT2D eigenvalue weighted by Gasteiger charge is 2.50. The number of unbranched alkanes of at least 4 members (excludes halogenated alkanes) is 3. The highest BCUT2D eigenvalue weighted by atomic mass is 31.3. The summed E-state index contributed by atoms with van der Waals surface area (Å²) in [7, 11) is -11.2. The number of aromatic nitrogens is 5. The lowest BCUT2D eigenvalue weighted by Crippen LogP contribution is -2.46. The lowest BCUT2D eigenvalue weighted by atomic mass is 10.1. The van der Waals surface area contributed by atoms with E-state index in [2.05, 4.69) is 29.9 Å². The maximum atomic E-state index is 13.4. The first kappa shape index (κ1) is 42.6. The molecular formula is C29H43N9O15P2. The van der Waals surface area contributed by atoms with Gasteiger partial charge in [-0.2, -0.15) is 4.57 Å². The van der Waals surface area contributed by atoms with Crippen LogP contribution in [-0.2, 0) is 36.8 Å². The Hall–Kier alpha value is -3.58. The smallest absolute Gasteiger partial charge is 0.481 e. The minimum absolute atomic E-state index is 0.0464. The van der Waals surface area contributed by atoms with Crippen LogP contribution < -0.4 is 31.6 Å². The fourth-order valence-electron chi connectivity index (χ4n) is 5.79. The molecule has 0 aliphatic carbocycles. The van der Waals surface area contributed by atoms with Crippen LogP contribution in [0.15, 0.2) is 37.2 Å². The Kier molecular flexibility index (Phi) is 14.4. The van der Waals surface area contributed by atoms with E-state index in [1.807, 2.05) is 0 Å². The topological polar surface area (TPSA) is 362 Å². The van der Waals surface area contributed by atoms with Gasteiger partial charge in [0.15, 0.2) is 41.7 Å². The van der Waals surface area contributed by atoms with Gasteiger partial charge in [0.2, 0.25) is 5.91 Å². The van der Waals surface area contributed by atoms with Crippen molar-refractivity contribution < 1.29 is 76.3 Å². The Morgan fingerprint density at radius 3 is 2.36 bits per heavy atom. The van der Waals surface area contributed by atoms with Crippen molar-refractivity contribution in [3.63, 3.8) is 0 Å². The molecule has 0 saturated carbocycles. The summed E-state index contributed by atoms with van der Waals surface area (Å²) in [6, 6.07) is 2.81. The van der Waals surface area contributed by atoms with E-state index in [0.717, 1.165) is 25.7 Å². The summed E-state index contributed by atoms with van der Waals surface area (Å²) in [5, 5.41) is 48.5. The number of amides is 2. The molecule has 2 aliphatic heterocycles. The van der Waals surface area contributed by atoms with Gasteiger partial charge in [-0.15, -0.1) is 0 Å². The van der Waals surface area contributed by atoms with Crippen LogP contribution in [0.5, 0.6) is 0 Å². The van der Waals surface area contributed by atoms with Crippen molar-refractivity contribution in [1.82, 2.24) is 24.8 Å². The van der Waals surface area contributed by atoms with Crippen LogP contribution in [-0.4, -0.2) is 126 Å². The lowest BCUT2D eigenvalue weighted by Gasteiger charge is -2.25. The molecule has 5 rings (SSSR count). The molecule has 2 unspecified atom stereocenters. The first-order chi connectivity index (χ1) is 26.1. The Balaban J connectivity index is 1.20. The number of hydrogen-bond donors (Lipinski definition) is 9. The summed E-state index contributed by atoms with van der Waals surface area (Å²) in [5.74, 6) is -0.888. The van der Waals surface area contributed by atoms with Crippen molar-refractivity contribution >= 4 is 44.4 Å². The van der Waals surface area contributed by atoms with E-state index < -0.39 is 83.8 Å². The van der Waals surface area contributed by atoms with E-state index in [4.69, 9.17) is 30.0 Å². The SMILES string of the molecule is NCCCCCCNC(=O)CNc1ncnc2c1ncn2[C@@H]1O[C@H](COP(=O)(OC[C@H]2O[C@@H]([n+]3cccc(C(N)=O)c3)[C@H](O)[C@@H]2O)OP(=O)([O-])O)[C@@H](O)[C@H]1O. The van der Waals surface area contributed by atoms with E-state index in [0.29, 0.717) is 13.1 Å². The second kappa shape index (κ2) is 18.6. The zero-order valence-corrected chi connectivity index (χ0v) is 30.8. The van der Waals surface area contributed by atoms with Crippen LogP contribution in [0.1, 0.15) is 48.5 Å². The van der Waals surface area contributed by atoms with Crippen molar-refractivity contribution in [1.29, 1.82) is 0 Å². The summed E-state index contributed by atoms with van der Waals surface area (Å²) < 4.78 is 53.2. The summed E-state index contributed by atoms with van der Waals surface area (Å²) in [6.07, 6.45) is -3.81. The minimum atomic E-state index is -5.82. The number of anilines is 1. The molecule has 2 aliphatic rings. The normalized spacial score (nSPS) is 27.5.